The van der Waals surface area contributed by atoms with Gasteiger partial charge in [-0.15, -0.1) is 0 Å². The van der Waals surface area contributed by atoms with E-state index in [-0.39, 0.29) is 0 Å². The van der Waals surface area contributed by atoms with Gasteiger partial charge in [-0.2, -0.15) is 0 Å². The van der Waals surface area contributed by atoms with Crippen LogP contribution in [0.5, 0.6) is 0 Å². The van der Waals surface area contributed by atoms with Gasteiger partial charge in [0.15, 0.2) is 0 Å². The maximum absolute atomic E-state index is 5.49. The molecule has 2 aromatic carbocycles. The van der Waals surface area contributed by atoms with E-state index in [1.807, 2.05) is 6.26 Å². The Kier molecular flexibility index (Phi) is 1.63. The summed E-state index contributed by atoms with van der Waals surface area (Å²) in [4.78, 5) is 0. The van der Waals surface area contributed by atoms with E-state index in [4.69, 9.17) is 4.42 Å². The summed E-state index contributed by atoms with van der Waals surface area (Å²) in [6, 6.07) is 10.8. The van der Waals surface area contributed by atoms with Gasteiger partial charge in [0.05, 0.1) is 6.26 Å². The highest BCUT2D eigenvalue weighted by Crippen LogP contribution is 2.26. The molecule has 1 nitrogen and oxygen atoms in total. The van der Waals surface area contributed by atoms with E-state index in [0.717, 1.165) is 5.58 Å². The summed E-state index contributed by atoms with van der Waals surface area (Å²) in [5, 5.41) is 3.74. The van der Waals surface area contributed by atoms with Gasteiger partial charge in [0.1, 0.15) is 5.58 Å². The molecule has 3 rings (SSSR count). The molecule has 0 aliphatic heterocycles. The van der Waals surface area contributed by atoms with Crippen LogP contribution in [0.1, 0.15) is 11.1 Å². The molecule has 0 aliphatic rings. The van der Waals surface area contributed by atoms with Crippen molar-refractivity contribution in [2.45, 2.75) is 13.8 Å². The van der Waals surface area contributed by atoms with Crippen molar-refractivity contribution in [3.05, 3.63) is 47.7 Å². The second kappa shape index (κ2) is 2.86. The van der Waals surface area contributed by atoms with Crippen LogP contribution < -0.4 is 0 Å². The van der Waals surface area contributed by atoms with Crippen LogP contribution in [0.15, 0.2) is 41.0 Å². The molecule has 0 spiro atoms. The summed E-state index contributed by atoms with van der Waals surface area (Å²) in [6.07, 6.45) is 1.82. The standard InChI is InChI=1S/C14H12O/c1-9-3-4-11-7-14-13(6-12(11)5-9)10(2)8-15-14/h3-8H,1-2H3. The summed E-state index contributed by atoms with van der Waals surface area (Å²) in [5.41, 5.74) is 3.47. The fourth-order valence-electron chi connectivity index (χ4n) is 2.02. The third kappa shape index (κ3) is 1.23. The van der Waals surface area contributed by atoms with Crippen LogP contribution in [0.3, 0.4) is 0 Å². The summed E-state index contributed by atoms with van der Waals surface area (Å²) < 4.78 is 5.49. The molecule has 0 amide bonds. The normalized spacial score (nSPS) is 11.3. The third-order valence-corrected chi connectivity index (χ3v) is 2.88. The molecule has 0 radical (unpaired) electrons. The number of fused-ring (bicyclic) bond motifs is 2. The molecule has 15 heavy (non-hydrogen) atoms. The molecular formula is C14H12O. The third-order valence-electron chi connectivity index (χ3n) is 2.88. The maximum atomic E-state index is 5.49. The van der Waals surface area contributed by atoms with E-state index in [1.165, 1.54) is 27.3 Å². The second-order valence-electron chi connectivity index (χ2n) is 4.12. The Hall–Kier alpha value is -1.76. The highest BCUT2D eigenvalue weighted by atomic mass is 16.3. The van der Waals surface area contributed by atoms with Crippen molar-refractivity contribution in [3.63, 3.8) is 0 Å². The van der Waals surface area contributed by atoms with Gasteiger partial charge in [-0.3, -0.25) is 0 Å². The van der Waals surface area contributed by atoms with Crippen molar-refractivity contribution >= 4 is 21.7 Å². The molecule has 1 heteroatoms. The summed E-state index contributed by atoms with van der Waals surface area (Å²) in [6.45, 7) is 4.19. The molecule has 74 valence electrons. The van der Waals surface area contributed by atoms with Crippen molar-refractivity contribution in [2.24, 2.45) is 0 Å². The van der Waals surface area contributed by atoms with Crippen LogP contribution in [0.2, 0.25) is 0 Å². The topological polar surface area (TPSA) is 13.1 Å². The Morgan fingerprint density at radius 3 is 2.67 bits per heavy atom. The van der Waals surface area contributed by atoms with Crippen LogP contribution in [0, 0.1) is 13.8 Å². The lowest BCUT2D eigenvalue weighted by molar-refractivity contribution is 0.613. The van der Waals surface area contributed by atoms with Crippen molar-refractivity contribution < 1.29 is 4.42 Å². The molecule has 1 heterocycles. The van der Waals surface area contributed by atoms with Crippen LogP contribution in [-0.4, -0.2) is 0 Å². The van der Waals surface area contributed by atoms with Gasteiger partial charge in [-0.05, 0) is 42.3 Å². The van der Waals surface area contributed by atoms with Gasteiger partial charge >= 0.3 is 0 Å². The molecule has 0 saturated carbocycles. The Bertz CT molecular complexity index is 647. The lowest BCUT2D eigenvalue weighted by atomic mass is 10.0. The Labute approximate surface area is 88.3 Å². The zero-order valence-corrected chi connectivity index (χ0v) is 8.87. The number of rotatable bonds is 0. The molecule has 0 aliphatic carbocycles. The van der Waals surface area contributed by atoms with E-state index in [9.17, 15) is 0 Å². The smallest absolute Gasteiger partial charge is 0.134 e. The van der Waals surface area contributed by atoms with Gasteiger partial charge in [0, 0.05) is 5.39 Å². The molecule has 0 bridgehead atoms. The molecule has 0 fully saturated rings. The SMILES string of the molecule is Cc1ccc2cc3occ(C)c3cc2c1. The first kappa shape index (κ1) is 8.54. The van der Waals surface area contributed by atoms with Gasteiger partial charge in [-0.1, -0.05) is 23.8 Å². The second-order valence-corrected chi connectivity index (χ2v) is 4.12. The Morgan fingerprint density at radius 1 is 0.933 bits per heavy atom. The van der Waals surface area contributed by atoms with Crippen molar-refractivity contribution in [1.29, 1.82) is 0 Å². The summed E-state index contributed by atoms with van der Waals surface area (Å²) in [7, 11) is 0. The number of aryl methyl sites for hydroxylation is 2. The van der Waals surface area contributed by atoms with E-state index in [1.54, 1.807) is 0 Å². The van der Waals surface area contributed by atoms with Gasteiger partial charge < -0.3 is 4.42 Å². The molecule has 0 atom stereocenters. The molecular weight excluding hydrogens is 184 g/mol. The maximum Gasteiger partial charge on any atom is 0.134 e. The number of hydrogen-bond donors (Lipinski definition) is 0. The molecule has 0 unspecified atom stereocenters. The van der Waals surface area contributed by atoms with Crippen molar-refractivity contribution in [2.75, 3.05) is 0 Å². The van der Waals surface area contributed by atoms with E-state index in [0.29, 0.717) is 0 Å². The number of hydrogen-bond acceptors (Lipinski definition) is 1. The largest absolute Gasteiger partial charge is 0.464 e. The van der Waals surface area contributed by atoms with E-state index >= 15 is 0 Å². The Morgan fingerprint density at radius 2 is 1.80 bits per heavy atom. The number of benzene rings is 2. The number of furan rings is 1. The quantitative estimate of drug-likeness (QED) is 0.525. The molecule has 1 aromatic heterocycles. The zero-order valence-electron chi connectivity index (χ0n) is 8.87. The lowest BCUT2D eigenvalue weighted by Crippen LogP contribution is -1.76. The average molecular weight is 196 g/mol. The monoisotopic (exact) mass is 196 g/mol. The first-order valence-corrected chi connectivity index (χ1v) is 5.12. The molecule has 3 aromatic rings. The van der Waals surface area contributed by atoms with Crippen LogP contribution >= 0.6 is 0 Å². The average Bonchev–Trinajstić information content (AvgIpc) is 2.57. The van der Waals surface area contributed by atoms with Crippen molar-refractivity contribution in [1.82, 2.24) is 0 Å². The first-order valence-electron chi connectivity index (χ1n) is 5.12. The van der Waals surface area contributed by atoms with Crippen molar-refractivity contribution in [3.8, 4) is 0 Å². The van der Waals surface area contributed by atoms with E-state index in [2.05, 4.69) is 44.2 Å². The zero-order chi connectivity index (χ0) is 10.4. The summed E-state index contributed by atoms with van der Waals surface area (Å²) in [5.74, 6) is 0. The molecule has 0 N–H and O–H groups in total. The summed E-state index contributed by atoms with van der Waals surface area (Å²) >= 11 is 0. The van der Waals surface area contributed by atoms with Crippen LogP contribution in [-0.2, 0) is 0 Å². The van der Waals surface area contributed by atoms with Crippen LogP contribution in [0.4, 0.5) is 0 Å². The fourth-order valence-corrected chi connectivity index (χ4v) is 2.02. The Balaban J connectivity index is 2.50. The van der Waals surface area contributed by atoms with E-state index < -0.39 is 0 Å². The highest BCUT2D eigenvalue weighted by Gasteiger charge is 2.03. The van der Waals surface area contributed by atoms with Gasteiger partial charge in [0.25, 0.3) is 0 Å². The van der Waals surface area contributed by atoms with Gasteiger partial charge in [0.2, 0.25) is 0 Å². The predicted octanol–water partition coefficient (Wildman–Crippen LogP) is 4.20. The van der Waals surface area contributed by atoms with Gasteiger partial charge in [-0.25, -0.2) is 0 Å². The first-order chi connectivity index (χ1) is 7.24. The highest BCUT2D eigenvalue weighted by molar-refractivity contribution is 5.97. The fraction of sp³-hybridized carbons (Fsp3) is 0.143. The lowest BCUT2D eigenvalue weighted by Gasteiger charge is -1.99. The molecule has 0 saturated heterocycles. The van der Waals surface area contributed by atoms with Crippen LogP contribution in [0.25, 0.3) is 21.7 Å². The minimum atomic E-state index is 0.976. The minimum absolute atomic E-state index is 0.976. The minimum Gasteiger partial charge on any atom is -0.464 e. The predicted molar refractivity (Wildman–Crippen MR) is 63.2 cm³/mol.